The second-order valence-corrected chi connectivity index (χ2v) is 8.37. The number of piperidine rings is 1. The third kappa shape index (κ3) is 6.11. The van der Waals surface area contributed by atoms with Crippen molar-refractivity contribution in [1.82, 2.24) is 10.2 Å². The molecule has 8 nitrogen and oxygen atoms in total. The van der Waals surface area contributed by atoms with Gasteiger partial charge in [0.25, 0.3) is 0 Å². The van der Waals surface area contributed by atoms with Crippen molar-refractivity contribution < 1.29 is 30.3 Å². The van der Waals surface area contributed by atoms with Gasteiger partial charge in [-0.25, -0.2) is 0 Å². The van der Waals surface area contributed by atoms with Gasteiger partial charge in [0.15, 0.2) is 0 Å². The Balaban J connectivity index is 1.62. The fourth-order valence-electron chi connectivity index (χ4n) is 4.56. The summed E-state index contributed by atoms with van der Waals surface area (Å²) in [4.78, 5) is 13.4. The van der Waals surface area contributed by atoms with E-state index in [0.717, 1.165) is 51.4 Å². The van der Waals surface area contributed by atoms with Crippen molar-refractivity contribution in [2.75, 3.05) is 13.2 Å². The maximum atomic E-state index is 11.7. The molecule has 0 aromatic carbocycles. The molecule has 8 heteroatoms. The molecule has 2 rings (SSSR count). The van der Waals surface area contributed by atoms with Crippen LogP contribution in [-0.2, 0) is 4.79 Å². The predicted octanol–water partition coefficient (Wildman–Crippen LogP) is -0.496. The zero-order valence-corrected chi connectivity index (χ0v) is 16.9. The molecule has 0 aromatic rings. The molecule has 28 heavy (non-hydrogen) atoms. The first-order valence-corrected chi connectivity index (χ1v) is 10.7. The molecule has 0 radical (unpaired) electrons. The molecule has 2 aliphatic heterocycles. The number of nitrogens with zero attached hydrogens (tertiary/aromatic N) is 1. The topological polar surface area (TPSA) is 133 Å². The summed E-state index contributed by atoms with van der Waals surface area (Å²) in [6.07, 6.45) is 3.83. The van der Waals surface area contributed by atoms with E-state index in [-0.39, 0.29) is 24.6 Å². The number of amides is 1. The number of nitrogens with one attached hydrogen (secondary N) is 1. The van der Waals surface area contributed by atoms with Crippen LogP contribution in [0.25, 0.3) is 0 Å². The molecule has 0 spiro atoms. The van der Waals surface area contributed by atoms with Gasteiger partial charge in [-0.05, 0) is 32.1 Å². The summed E-state index contributed by atoms with van der Waals surface area (Å²) in [7, 11) is 0. The second-order valence-electron chi connectivity index (χ2n) is 8.37. The van der Waals surface area contributed by atoms with E-state index in [9.17, 15) is 25.2 Å². The Bertz CT molecular complexity index is 480. The molecule has 6 N–H and O–H groups in total. The average molecular weight is 403 g/mol. The van der Waals surface area contributed by atoms with Gasteiger partial charge in [-0.1, -0.05) is 25.7 Å². The number of carbonyl (C=O) groups excluding carboxylic acids is 1. The highest BCUT2D eigenvalue weighted by atomic mass is 16.3. The first-order chi connectivity index (χ1) is 13.4. The number of hydrogen-bond donors (Lipinski definition) is 6. The lowest BCUT2D eigenvalue weighted by atomic mass is 9.92. The Hall–Kier alpha value is -0.770. The van der Waals surface area contributed by atoms with Crippen molar-refractivity contribution in [2.45, 2.75) is 107 Å². The highest BCUT2D eigenvalue weighted by molar-refractivity contribution is 5.73. The summed E-state index contributed by atoms with van der Waals surface area (Å²) in [6.45, 7) is 1.96. The van der Waals surface area contributed by atoms with E-state index < -0.39 is 30.5 Å². The third-order valence-corrected chi connectivity index (χ3v) is 6.31. The molecule has 0 aliphatic carbocycles. The summed E-state index contributed by atoms with van der Waals surface area (Å²) in [6, 6.07) is -0.962. The number of carbonyl (C=O) groups is 1. The van der Waals surface area contributed by atoms with Crippen LogP contribution in [0.3, 0.4) is 0 Å². The van der Waals surface area contributed by atoms with Crippen molar-refractivity contribution in [3.05, 3.63) is 0 Å². The molecule has 7 atom stereocenters. The molecule has 0 unspecified atom stereocenters. The van der Waals surface area contributed by atoms with Gasteiger partial charge in [-0.15, -0.1) is 0 Å². The Labute approximate surface area is 167 Å². The Kier molecular flexibility index (Phi) is 9.59. The van der Waals surface area contributed by atoms with Crippen LogP contribution in [0.4, 0.5) is 0 Å². The van der Waals surface area contributed by atoms with E-state index in [4.69, 9.17) is 5.11 Å². The van der Waals surface area contributed by atoms with E-state index in [0.29, 0.717) is 13.0 Å². The lowest BCUT2D eigenvalue weighted by Gasteiger charge is -2.39. The summed E-state index contributed by atoms with van der Waals surface area (Å²) >= 11 is 0. The predicted molar refractivity (Wildman–Crippen MR) is 105 cm³/mol. The van der Waals surface area contributed by atoms with E-state index in [1.807, 2.05) is 0 Å². The number of aliphatic hydroxyl groups excluding tert-OH is 5. The standard InChI is InChI=1S/C20H38N2O6/c1-13(24)22-11-7-6-9-16(22)20(28)17(25)10-5-3-2-4-8-14-18(26)19(27)15(12-23)21-14/h14-21,23,25-28H,2-12H2,1H3/t14-,15-,16+,17+,18-,19-,20+/m0/s1. The van der Waals surface area contributed by atoms with Gasteiger partial charge in [0.05, 0.1) is 37.0 Å². The molecular weight excluding hydrogens is 364 g/mol. The van der Waals surface area contributed by atoms with Crippen LogP contribution in [-0.4, -0.2) is 92.0 Å². The zero-order valence-electron chi connectivity index (χ0n) is 16.9. The first-order valence-electron chi connectivity index (χ1n) is 10.7. The van der Waals surface area contributed by atoms with E-state index >= 15 is 0 Å². The van der Waals surface area contributed by atoms with E-state index in [2.05, 4.69) is 5.32 Å². The number of likely N-dealkylation sites (tertiary alicyclic amines) is 1. The highest BCUT2D eigenvalue weighted by Gasteiger charge is 2.39. The molecule has 164 valence electrons. The van der Waals surface area contributed by atoms with Gasteiger partial charge >= 0.3 is 0 Å². The number of rotatable bonds is 10. The van der Waals surface area contributed by atoms with Crippen LogP contribution in [0, 0.1) is 0 Å². The summed E-state index contributed by atoms with van der Waals surface area (Å²) in [5.74, 6) is -0.0489. The average Bonchev–Trinajstić information content (AvgIpc) is 2.97. The lowest BCUT2D eigenvalue weighted by Crippen LogP contribution is -2.52. The minimum absolute atomic E-state index is 0.0489. The SMILES string of the molecule is CC(=O)N1CCCC[C@@H]1[C@@H](O)[C@H](O)CCCCCC[C@@H]1N[C@@H](CO)[C@H](O)[C@H]1O. The van der Waals surface area contributed by atoms with Crippen LogP contribution in [0.2, 0.25) is 0 Å². The maximum absolute atomic E-state index is 11.7. The van der Waals surface area contributed by atoms with Crippen molar-refractivity contribution in [2.24, 2.45) is 0 Å². The fraction of sp³-hybridized carbons (Fsp3) is 0.950. The molecule has 2 fully saturated rings. The highest BCUT2D eigenvalue weighted by Crippen LogP contribution is 2.24. The molecule has 0 saturated carbocycles. The van der Waals surface area contributed by atoms with Gasteiger partial charge < -0.3 is 35.7 Å². The fourth-order valence-corrected chi connectivity index (χ4v) is 4.56. The molecule has 2 aliphatic rings. The van der Waals surface area contributed by atoms with E-state index in [1.54, 1.807) is 4.90 Å². The number of aliphatic hydroxyl groups is 5. The Morgan fingerprint density at radius 2 is 1.75 bits per heavy atom. The van der Waals surface area contributed by atoms with Crippen molar-refractivity contribution in [3.8, 4) is 0 Å². The largest absolute Gasteiger partial charge is 0.395 e. The van der Waals surface area contributed by atoms with Gasteiger partial charge in [-0.2, -0.15) is 0 Å². The van der Waals surface area contributed by atoms with Crippen LogP contribution < -0.4 is 5.32 Å². The zero-order chi connectivity index (χ0) is 20.7. The third-order valence-electron chi connectivity index (χ3n) is 6.31. The summed E-state index contributed by atoms with van der Waals surface area (Å²) < 4.78 is 0. The first kappa shape index (κ1) is 23.5. The molecule has 0 aromatic heterocycles. The van der Waals surface area contributed by atoms with Gasteiger partial charge in [0.2, 0.25) is 5.91 Å². The minimum atomic E-state index is -0.930. The van der Waals surface area contributed by atoms with Crippen molar-refractivity contribution >= 4 is 5.91 Å². The number of hydrogen-bond acceptors (Lipinski definition) is 7. The summed E-state index contributed by atoms with van der Waals surface area (Å²) in [5.41, 5.74) is 0. The smallest absolute Gasteiger partial charge is 0.219 e. The molecule has 2 saturated heterocycles. The van der Waals surface area contributed by atoms with Gasteiger partial charge in [0.1, 0.15) is 6.10 Å². The molecule has 0 bridgehead atoms. The van der Waals surface area contributed by atoms with Gasteiger partial charge in [-0.3, -0.25) is 4.79 Å². The van der Waals surface area contributed by atoms with Crippen molar-refractivity contribution in [3.63, 3.8) is 0 Å². The molecular formula is C20H38N2O6. The van der Waals surface area contributed by atoms with Gasteiger partial charge in [0, 0.05) is 19.5 Å². The molecule has 2 heterocycles. The lowest BCUT2D eigenvalue weighted by molar-refractivity contribution is -0.138. The number of unbranched alkanes of at least 4 members (excludes halogenated alkanes) is 3. The molecule has 1 amide bonds. The maximum Gasteiger partial charge on any atom is 0.219 e. The Morgan fingerprint density at radius 1 is 1.07 bits per heavy atom. The quantitative estimate of drug-likeness (QED) is 0.272. The minimum Gasteiger partial charge on any atom is -0.395 e. The summed E-state index contributed by atoms with van der Waals surface area (Å²) in [5, 5.41) is 52.8. The van der Waals surface area contributed by atoms with Crippen LogP contribution in [0.1, 0.15) is 64.7 Å². The van der Waals surface area contributed by atoms with E-state index in [1.165, 1.54) is 6.92 Å². The Morgan fingerprint density at radius 3 is 2.39 bits per heavy atom. The van der Waals surface area contributed by atoms with Crippen LogP contribution >= 0.6 is 0 Å². The van der Waals surface area contributed by atoms with Crippen molar-refractivity contribution in [1.29, 1.82) is 0 Å². The monoisotopic (exact) mass is 402 g/mol. The second kappa shape index (κ2) is 11.4. The van der Waals surface area contributed by atoms with Crippen LogP contribution in [0.15, 0.2) is 0 Å². The normalized spacial score (nSPS) is 33.1. The van der Waals surface area contributed by atoms with Crippen LogP contribution in [0.5, 0.6) is 0 Å².